The van der Waals surface area contributed by atoms with Crippen LogP contribution < -0.4 is 10.5 Å². The molecular weight excluding hydrogens is 312 g/mol. The molecule has 0 aliphatic heterocycles. The Kier molecular flexibility index (Phi) is 4.33. The SMILES string of the molecule is CCC1(NC(=O)c2cc(Cl)cc(S(N)(=O)=O)c2C)CCC1. The van der Waals surface area contributed by atoms with Gasteiger partial charge in [0.15, 0.2) is 0 Å². The van der Waals surface area contributed by atoms with Crippen LogP contribution in [0.15, 0.2) is 17.0 Å². The first-order valence-electron chi connectivity index (χ1n) is 6.84. The van der Waals surface area contributed by atoms with Crippen molar-refractivity contribution < 1.29 is 13.2 Å². The number of hydrogen-bond donors (Lipinski definition) is 2. The van der Waals surface area contributed by atoms with Crippen molar-refractivity contribution in [1.82, 2.24) is 5.32 Å². The molecule has 0 heterocycles. The van der Waals surface area contributed by atoms with Crippen molar-refractivity contribution in [2.24, 2.45) is 5.14 Å². The number of benzene rings is 1. The molecule has 5 nitrogen and oxygen atoms in total. The van der Waals surface area contributed by atoms with Gasteiger partial charge in [0.2, 0.25) is 10.0 Å². The third-order valence-electron chi connectivity index (χ3n) is 4.24. The van der Waals surface area contributed by atoms with Crippen molar-refractivity contribution >= 4 is 27.5 Å². The van der Waals surface area contributed by atoms with Gasteiger partial charge in [0.05, 0.1) is 4.90 Å². The maximum atomic E-state index is 12.5. The first-order valence-corrected chi connectivity index (χ1v) is 8.76. The molecule has 21 heavy (non-hydrogen) atoms. The van der Waals surface area contributed by atoms with E-state index < -0.39 is 10.0 Å². The average molecular weight is 331 g/mol. The van der Waals surface area contributed by atoms with Crippen molar-refractivity contribution in [3.8, 4) is 0 Å². The highest BCUT2D eigenvalue weighted by Crippen LogP contribution is 2.35. The van der Waals surface area contributed by atoms with Crippen molar-refractivity contribution in [2.75, 3.05) is 0 Å². The maximum absolute atomic E-state index is 12.5. The van der Waals surface area contributed by atoms with Gasteiger partial charge in [-0.3, -0.25) is 4.79 Å². The molecule has 116 valence electrons. The van der Waals surface area contributed by atoms with E-state index in [4.69, 9.17) is 16.7 Å². The molecule has 0 aromatic heterocycles. The van der Waals surface area contributed by atoms with Crippen LogP contribution in [0.5, 0.6) is 0 Å². The normalized spacial score (nSPS) is 17.1. The van der Waals surface area contributed by atoms with Gasteiger partial charge >= 0.3 is 0 Å². The Morgan fingerprint density at radius 1 is 1.43 bits per heavy atom. The van der Waals surface area contributed by atoms with Gasteiger partial charge in [0, 0.05) is 16.1 Å². The fourth-order valence-electron chi connectivity index (χ4n) is 2.66. The fraction of sp³-hybridized carbons (Fsp3) is 0.500. The Morgan fingerprint density at radius 3 is 2.48 bits per heavy atom. The molecular formula is C14H19ClN2O3S. The van der Waals surface area contributed by atoms with E-state index in [2.05, 4.69) is 5.32 Å². The van der Waals surface area contributed by atoms with Gasteiger partial charge in [-0.25, -0.2) is 13.6 Å². The van der Waals surface area contributed by atoms with Gasteiger partial charge in [-0.1, -0.05) is 18.5 Å². The van der Waals surface area contributed by atoms with Gasteiger partial charge in [-0.15, -0.1) is 0 Å². The minimum atomic E-state index is -3.92. The second-order valence-corrected chi connectivity index (χ2v) is 7.53. The Hall–Kier alpha value is -1.11. The minimum absolute atomic E-state index is 0.112. The zero-order valence-corrected chi connectivity index (χ0v) is 13.6. The monoisotopic (exact) mass is 330 g/mol. The summed E-state index contributed by atoms with van der Waals surface area (Å²) < 4.78 is 23.2. The number of nitrogens with two attached hydrogens (primary N) is 1. The largest absolute Gasteiger partial charge is 0.347 e. The molecule has 7 heteroatoms. The van der Waals surface area contributed by atoms with E-state index in [9.17, 15) is 13.2 Å². The Balaban J connectivity index is 2.40. The van der Waals surface area contributed by atoms with Gasteiger partial charge in [0.25, 0.3) is 5.91 Å². The average Bonchev–Trinajstić information content (AvgIpc) is 2.34. The van der Waals surface area contributed by atoms with Crippen molar-refractivity contribution in [2.45, 2.75) is 50.0 Å². The second-order valence-electron chi connectivity index (χ2n) is 5.56. The molecule has 1 aliphatic rings. The quantitative estimate of drug-likeness (QED) is 0.888. The molecule has 1 amide bonds. The number of carbonyl (C=O) groups is 1. The van der Waals surface area contributed by atoms with E-state index in [1.165, 1.54) is 12.1 Å². The summed E-state index contributed by atoms with van der Waals surface area (Å²) in [6, 6.07) is 2.74. The van der Waals surface area contributed by atoms with Crippen LogP contribution in [0.1, 0.15) is 48.5 Å². The number of carbonyl (C=O) groups excluding carboxylic acids is 1. The van der Waals surface area contributed by atoms with Crippen LogP contribution in [-0.4, -0.2) is 19.9 Å². The van der Waals surface area contributed by atoms with Crippen LogP contribution in [0.2, 0.25) is 5.02 Å². The summed E-state index contributed by atoms with van der Waals surface area (Å²) in [5.74, 6) is -0.304. The Labute approximate surface area is 129 Å². The predicted molar refractivity (Wildman–Crippen MR) is 81.9 cm³/mol. The molecule has 1 aliphatic carbocycles. The summed E-state index contributed by atoms with van der Waals surface area (Å²) >= 11 is 5.93. The minimum Gasteiger partial charge on any atom is -0.347 e. The number of nitrogens with one attached hydrogen (secondary N) is 1. The van der Waals surface area contributed by atoms with Crippen LogP contribution in [-0.2, 0) is 10.0 Å². The predicted octanol–water partition coefficient (Wildman–Crippen LogP) is 2.36. The molecule has 1 fully saturated rings. The molecule has 0 radical (unpaired) electrons. The maximum Gasteiger partial charge on any atom is 0.252 e. The van der Waals surface area contributed by atoms with Gasteiger partial charge in [0.1, 0.15) is 0 Å². The molecule has 0 atom stereocenters. The van der Waals surface area contributed by atoms with Gasteiger partial charge < -0.3 is 5.32 Å². The van der Waals surface area contributed by atoms with Crippen molar-refractivity contribution in [1.29, 1.82) is 0 Å². The van der Waals surface area contributed by atoms with E-state index in [1.54, 1.807) is 6.92 Å². The first-order chi connectivity index (χ1) is 9.68. The van der Waals surface area contributed by atoms with Crippen LogP contribution in [0.25, 0.3) is 0 Å². The van der Waals surface area contributed by atoms with Crippen molar-refractivity contribution in [3.05, 3.63) is 28.3 Å². The topological polar surface area (TPSA) is 89.3 Å². The lowest BCUT2D eigenvalue weighted by molar-refractivity contribution is 0.0819. The van der Waals surface area contributed by atoms with Crippen LogP contribution in [0, 0.1) is 6.92 Å². The molecule has 0 spiro atoms. The third kappa shape index (κ3) is 3.22. The number of halogens is 1. The summed E-state index contributed by atoms with van der Waals surface area (Å²) in [6.45, 7) is 3.59. The van der Waals surface area contributed by atoms with E-state index >= 15 is 0 Å². The van der Waals surface area contributed by atoms with E-state index in [0.717, 1.165) is 25.7 Å². The molecule has 1 aromatic carbocycles. The summed E-state index contributed by atoms with van der Waals surface area (Å²) in [5.41, 5.74) is 0.407. The molecule has 0 unspecified atom stereocenters. The molecule has 3 N–H and O–H groups in total. The highest BCUT2D eigenvalue weighted by molar-refractivity contribution is 7.89. The summed E-state index contributed by atoms with van der Waals surface area (Å²) in [5, 5.41) is 8.35. The third-order valence-corrected chi connectivity index (χ3v) is 5.50. The van der Waals surface area contributed by atoms with E-state index in [-0.39, 0.29) is 26.9 Å². The molecule has 0 saturated heterocycles. The zero-order valence-electron chi connectivity index (χ0n) is 12.1. The smallest absolute Gasteiger partial charge is 0.252 e. The summed E-state index contributed by atoms with van der Waals surface area (Å²) in [6.07, 6.45) is 3.82. The molecule has 1 saturated carbocycles. The second kappa shape index (κ2) is 5.59. The molecule has 2 rings (SSSR count). The van der Waals surface area contributed by atoms with Crippen LogP contribution >= 0.6 is 11.6 Å². The fourth-order valence-corrected chi connectivity index (χ4v) is 3.77. The van der Waals surface area contributed by atoms with Crippen molar-refractivity contribution in [3.63, 3.8) is 0 Å². The van der Waals surface area contributed by atoms with Crippen LogP contribution in [0.4, 0.5) is 0 Å². The lowest BCUT2D eigenvalue weighted by Crippen LogP contribution is -2.53. The summed E-state index contributed by atoms with van der Waals surface area (Å²) in [4.78, 5) is 12.3. The number of primary sulfonamides is 1. The van der Waals surface area contributed by atoms with Crippen LogP contribution in [0.3, 0.4) is 0 Å². The number of hydrogen-bond acceptors (Lipinski definition) is 3. The Bertz CT molecular complexity index is 676. The van der Waals surface area contributed by atoms with Gasteiger partial charge in [-0.05, 0) is 50.3 Å². The molecule has 1 aromatic rings. The van der Waals surface area contributed by atoms with E-state index in [1.807, 2.05) is 6.92 Å². The lowest BCUT2D eigenvalue weighted by Gasteiger charge is -2.42. The lowest BCUT2D eigenvalue weighted by atomic mass is 9.74. The highest BCUT2D eigenvalue weighted by Gasteiger charge is 2.37. The standard InChI is InChI=1S/C14H19ClN2O3S/c1-3-14(5-4-6-14)17-13(18)11-7-10(15)8-12(9(11)2)21(16,19)20/h7-8H,3-6H2,1-2H3,(H,17,18)(H2,16,19,20). The number of amides is 1. The zero-order chi connectivity index (χ0) is 15.8. The molecule has 0 bridgehead atoms. The number of rotatable bonds is 4. The first kappa shape index (κ1) is 16.3. The van der Waals surface area contributed by atoms with E-state index in [0.29, 0.717) is 5.56 Å². The Morgan fingerprint density at radius 2 is 2.05 bits per heavy atom. The van der Waals surface area contributed by atoms with Gasteiger partial charge in [-0.2, -0.15) is 0 Å². The summed E-state index contributed by atoms with van der Waals surface area (Å²) in [7, 11) is -3.92. The number of sulfonamides is 1. The highest BCUT2D eigenvalue weighted by atomic mass is 35.5.